The minimum Gasteiger partial charge on any atom is -0.325 e. The fraction of sp³-hybridized carbons (Fsp3) is 0.556. The summed E-state index contributed by atoms with van der Waals surface area (Å²) in [7, 11) is 0. The Hall–Kier alpha value is -1.82. The van der Waals surface area contributed by atoms with Gasteiger partial charge in [0.05, 0.1) is 22.7 Å². The minimum absolute atomic E-state index is 0.263. The Morgan fingerprint density at radius 2 is 1.81 bits per heavy atom. The maximum absolute atomic E-state index is 9.09. The van der Waals surface area contributed by atoms with E-state index in [0.717, 1.165) is 11.0 Å². The second-order valence-corrected chi connectivity index (χ2v) is 7.63. The lowest BCUT2D eigenvalue weighted by Crippen LogP contribution is -2.07. The highest BCUT2D eigenvalue weighted by Crippen LogP contribution is 2.73. The molecule has 2 aromatic rings. The van der Waals surface area contributed by atoms with Gasteiger partial charge in [0, 0.05) is 12.0 Å². The first-order valence-corrected chi connectivity index (χ1v) is 7.63. The third-order valence-electron chi connectivity index (χ3n) is 5.64. The van der Waals surface area contributed by atoms with Crippen molar-refractivity contribution in [2.45, 2.75) is 53.5 Å². The Kier molecular flexibility index (Phi) is 2.76. The monoisotopic (exact) mass is 281 g/mol. The van der Waals surface area contributed by atoms with E-state index in [9.17, 15) is 0 Å². The Balaban J connectivity index is 2.24. The Labute approximate surface area is 126 Å². The summed E-state index contributed by atoms with van der Waals surface area (Å²) in [5, 5.41) is 9.09. The van der Waals surface area contributed by atoms with Crippen LogP contribution in [-0.4, -0.2) is 9.55 Å². The largest absolute Gasteiger partial charge is 0.325 e. The van der Waals surface area contributed by atoms with Gasteiger partial charge in [0.25, 0.3) is 0 Å². The van der Waals surface area contributed by atoms with Crippen molar-refractivity contribution in [1.82, 2.24) is 9.55 Å². The predicted octanol–water partition coefficient (Wildman–Crippen LogP) is 4.64. The van der Waals surface area contributed by atoms with Crippen molar-refractivity contribution in [2.24, 2.45) is 10.8 Å². The molecule has 3 rings (SSSR count). The lowest BCUT2D eigenvalue weighted by atomic mass is 10.0. The summed E-state index contributed by atoms with van der Waals surface area (Å²) < 4.78 is 2.34. The molecule has 1 aliphatic rings. The van der Waals surface area contributed by atoms with Gasteiger partial charge in [-0.3, -0.25) is 0 Å². The highest BCUT2D eigenvalue weighted by Gasteiger charge is 2.67. The van der Waals surface area contributed by atoms with Crippen LogP contribution in [-0.2, 0) is 0 Å². The van der Waals surface area contributed by atoms with E-state index in [4.69, 9.17) is 10.2 Å². The predicted molar refractivity (Wildman–Crippen MR) is 85.1 cm³/mol. The zero-order valence-corrected chi connectivity index (χ0v) is 13.7. The fourth-order valence-corrected chi connectivity index (χ4v) is 3.78. The summed E-state index contributed by atoms with van der Waals surface area (Å²) in [5.74, 6) is 1.63. The molecule has 1 fully saturated rings. The zero-order valence-electron chi connectivity index (χ0n) is 13.7. The molecule has 3 heteroatoms. The maximum atomic E-state index is 9.09. The number of imidazole rings is 1. The van der Waals surface area contributed by atoms with Gasteiger partial charge in [-0.2, -0.15) is 5.26 Å². The summed E-state index contributed by atoms with van der Waals surface area (Å²) in [6, 6.07) is 8.39. The topological polar surface area (TPSA) is 41.6 Å². The molecule has 0 atom stereocenters. The molecule has 21 heavy (non-hydrogen) atoms. The van der Waals surface area contributed by atoms with E-state index in [0.29, 0.717) is 17.5 Å². The van der Waals surface area contributed by atoms with E-state index < -0.39 is 0 Å². The second-order valence-electron chi connectivity index (χ2n) is 7.63. The van der Waals surface area contributed by atoms with Gasteiger partial charge in [-0.15, -0.1) is 0 Å². The molecule has 1 heterocycles. The number of benzene rings is 1. The molecule has 1 aromatic carbocycles. The van der Waals surface area contributed by atoms with Gasteiger partial charge < -0.3 is 4.57 Å². The molecule has 0 saturated heterocycles. The van der Waals surface area contributed by atoms with Crippen LogP contribution in [0.1, 0.15) is 64.9 Å². The Bertz CT molecular complexity index is 743. The van der Waals surface area contributed by atoms with Crippen molar-refractivity contribution in [1.29, 1.82) is 5.26 Å². The summed E-state index contributed by atoms with van der Waals surface area (Å²) in [5.41, 5.74) is 3.28. The van der Waals surface area contributed by atoms with Gasteiger partial charge in [0.2, 0.25) is 0 Å². The van der Waals surface area contributed by atoms with Gasteiger partial charge >= 0.3 is 0 Å². The van der Waals surface area contributed by atoms with Gasteiger partial charge in [0.1, 0.15) is 5.82 Å². The average molecular weight is 281 g/mol. The van der Waals surface area contributed by atoms with E-state index >= 15 is 0 Å². The zero-order chi connectivity index (χ0) is 15.6. The van der Waals surface area contributed by atoms with Crippen LogP contribution in [0.3, 0.4) is 0 Å². The van der Waals surface area contributed by atoms with Crippen molar-refractivity contribution in [3.05, 3.63) is 29.6 Å². The standard InChI is InChI=1S/C18H23N3/c1-11(2)21-14-8-7-12(10-19)9-13(14)20-16(21)15-17(3,4)18(15,5)6/h7-9,11,15H,1-6H3. The molecule has 0 N–H and O–H groups in total. The van der Waals surface area contributed by atoms with E-state index in [1.165, 1.54) is 5.82 Å². The third kappa shape index (κ3) is 1.75. The molecule has 1 aliphatic carbocycles. The molecule has 110 valence electrons. The van der Waals surface area contributed by atoms with E-state index in [2.05, 4.69) is 52.2 Å². The van der Waals surface area contributed by atoms with Crippen LogP contribution in [0.4, 0.5) is 0 Å². The SMILES string of the molecule is CC(C)n1c(C2C(C)(C)C2(C)C)nc2cc(C#N)ccc21. The quantitative estimate of drug-likeness (QED) is 0.804. The van der Waals surface area contributed by atoms with Crippen LogP contribution in [0.2, 0.25) is 0 Å². The Morgan fingerprint density at radius 3 is 2.29 bits per heavy atom. The summed E-state index contributed by atoms with van der Waals surface area (Å²) in [6.45, 7) is 13.7. The number of rotatable bonds is 2. The van der Waals surface area contributed by atoms with Crippen LogP contribution in [0.5, 0.6) is 0 Å². The van der Waals surface area contributed by atoms with Crippen LogP contribution >= 0.6 is 0 Å². The Morgan fingerprint density at radius 1 is 1.19 bits per heavy atom. The van der Waals surface area contributed by atoms with Crippen molar-refractivity contribution >= 4 is 11.0 Å². The number of fused-ring (bicyclic) bond motifs is 1. The molecule has 0 unspecified atom stereocenters. The van der Waals surface area contributed by atoms with Crippen molar-refractivity contribution < 1.29 is 0 Å². The van der Waals surface area contributed by atoms with E-state index in [1.807, 2.05) is 18.2 Å². The highest BCUT2D eigenvalue weighted by molar-refractivity contribution is 5.78. The first-order chi connectivity index (χ1) is 9.71. The molecule has 0 amide bonds. The molecule has 1 saturated carbocycles. The van der Waals surface area contributed by atoms with Crippen molar-refractivity contribution in [3.8, 4) is 6.07 Å². The molecule has 1 aromatic heterocycles. The number of nitriles is 1. The normalized spacial score (nSPS) is 19.9. The molecule has 3 nitrogen and oxygen atoms in total. The number of hydrogen-bond donors (Lipinski definition) is 0. The third-order valence-corrected chi connectivity index (χ3v) is 5.64. The molecule has 0 spiro atoms. The first kappa shape index (κ1) is 14.1. The summed E-state index contributed by atoms with van der Waals surface area (Å²) >= 11 is 0. The van der Waals surface area contributed by atoms with E-state index in [-0.39, 0.29) is 10.8 Å². The first-order valence-electron chi connectivity index (χ1n) is 7.63. The minimum atomic E-state index is 0.263. The molecular formula is C18H23N3. The summed E-state index contributed by atoms with van der Waals surface area (Å²) in [4.78, 5) is 4.91. The number of hydrogen-bond acceptors (Lipinski definition) is 2. The highest BCUT2D eigenvalue weighted by atomic mass is 15.1. The molecular weight excluding hydrogens is 258 g/mol. The van der Waals surface area contributed by atoms with Gasteiger partial charge in [-0.25, -0.2) is 4.98 Å². The number of nitrogens with zero attached hydrogens (tertiary/aromatic N) is 3. The number of aromatic nitrogens is 2. The summed E-state index contributed by atoms with van der Waals surface area (Å²) in [6.07, 6.45) is 0. The second kappa shape index (κ2) is 4.10. The lowest BCUT2D eigenvalue weighted by Gasteiger charge is -2.14. The van der Waals surface area contributed by atoms with Gasteiger partial charge in [-0.1, -0.05) is 27.7 Å². The van der Waals surface area contributed by atoms with Crippen LogP contribution in [0.25, 0.3) is 11.0 Å². The lowest BCUT2D eigenvalue weighted by molar-refractivity contribution is 0.457. The molecule has 0 radical (unpaired) electrons. The van der Waals surface area contributed by atoms with Crippen molar-refractivity contribution in [3.63, 3.8) is 0 Å². The van der Waals surface area contributed by atoms with E-state index in [1.54, 1.807) is 0 Å². The smallest absolute Gasteiger partial charge is 0.114 e. The van der Waals surface area contributed by atoms with Crippen LogP contribution in [0, 0.1) is 22.2 Å². The van der Waals surface area contributed by atoms with Crippen LogP contribution in [0.15, 0.2) is 18.2 Å². The maximum Gasteiger partial charge on any atom is 0.114 e. The fourth-order valence-electron chi connectivity index (χ4n) is 3.78. The van der Waals surface area contributed by atoms with Gasteiger partial charge in [0.15, 0.2) is 0 Å². The average Bonchev–Trinajstić information content (AvgIpc) is 2.71. The molecule has 0 bridgehead atoms. The van der Waals surface area contributed by atoms with Gasteiger partial charge in [-0.05, 0) is 42.9 Å². The van der Waals surface area contributed by atoms with Crippen LogP contribution < -0.4 is 0 Å². The molecule has 0 aliphatic heterocycles. The van der Waals surface area contributed by atoms with Crippen molar-refractivity contribution in [2.75, 3.05) is 0 Å².